The van der Waals surface area contributed by atoms with Crippen molar-refractivity contribution < 1.29 is 14.6 Å². The summed E-state index contributed by atoms with van der Waals surface area (Å²) in [6.07, 6.45) is 2.47. The minimum absolute atomic E-state index is 0.0311. The lowest BCUT2D eigenvalue weighted by molar-refractivity contribution is -0.162. The number of benzene rings is 1. The van der Waals surface area contributed by atoms with E-state index in [1.807, 2.05) is 38.1 Å². The molecule has 2 unspecified atom stereocenters. The van der Waals surface area contributed by atoms with Gasteiger partial charge in [-0.05, 0) is 36.3 Å². The van der Waals surface area contributed by atoms with Crippen LogP contribution in [0.5, 0.6) is 0 Å². The molecule has 3 nitrogen and oxygen atoms in total. The van der Waals surface area contributed by atoms with Crippen molar-refractivity contribution in [1.82, 2.24) is 0 Å². The van der Waals surface area contributed by atoms with Crippen LogP contribution < -0.4 is 0 Å². The zero-order chi connectivity index (χ0) is 14.0. The van der Waals surface area contributed by atoms with Crippen molar-refractivity contribution in [2.45, 2.75) is 38.7 Å². The van der Waals surface area contributed by atoms with Crippen LogP contribution in [0.1, 0.15) is 37.8 Å². The molecule has 0 saturated carbocycles. The first-order chi connectivity index (χ1) is 9.00. The normalized spacial score (nSPS) is 23.8. The van der Waals surface area contributed by atoms with Crippen LogP contribution in [0.2, 0.25) is 0 Å². The lowest BCUT2D eigenvalue weighted by Gasteiger charge is -2.41. The maximum absolute atomic E-state index is 12.1. The van der Waals surface area contributed by atoms with E-state index in [0.717, 1.165) is 24.0 Å². The summed E-state index contributed by atoms with van der Waals surface area (Å²) < 4.78 is 4.91. The van der Waals surface area contributed by atoms with Gasteiger partial charge >= 0.3 is 5.97 Å². The first kappa shape index (κ1) is 14.1. The highest BCUT2D eigenvalue weighted by molar-refractivity contribution is 5.74. The van der Waals surface area contributed by atoms with Crippen LogP contribution in [-0.4, -0.2) is 18.2 Å². The molecule has 2 atom stereocenters. The molecule has 0 heterocycles. The fraction of sp³-hybridized carbons (Fsp3) is 0.562. The second kappa shape index (κ2) is 5.33. The Morgan fingerprint density at radius 1 is 1.37 bits per heavy atom. The maximum Gasteiger partial charge on any atom is 0.312 e. The van der Waals surface area contributed by atoms with Gasteiger partial charge in [-0.25, -0.2) is 0 Å². The summed E-state index contributed by atoms with van der Waals surface area (Å²) in [5.74, 6) is -0.809. The Kier molecular flexibility index (Phi) is 3.95. The third-order valence-corrected chi connectivity index (χ3v) is 4.12. The van der Waals surface area contributed by atoms with E-state index in [4.69, 9.17) is 4.74 Å². The number of hydrogen-bond donors (Lipinski definition) is 1. The zero-order valence-electron chi connectivity index (χ0n) is 11.8. The first-order valence-corrected chi connectivity index (χ1v) is 6.89. The summed E-state index contributed by atoms with van der Waals surface area (Å²) in [6, 6.07) is 7.87. The van der Waals surface area contributed by atoms with Crippen LogP contribution in [0.15, 0.2) is 24.3 Å². The second-order valence-electron chi connectivity index (χ2n) is 5.68. The maximum atomic E-state index is 12.1. The van der Waals surface area contributed by atoms with Crippen molar-refractivity contribution in [3.8, 4) is 0 Å². The van der Waals surface area contributed by atoms with E-state index in [1.165, 1.54) is 7.11 Å². The number of hydrogen-bond acceptors (Lipinski definition) is 3. The predicted molar refractivity (Wildman–Crippen MR) is 73.6 cm³/mol. The van der Waals surface area contributed by atoms with Gasteiger partial charge in [-0.1, -0.05) is 38.1 Å². The molecule has 0 aromatic heterocycles. The first-order valence-electron chi connectivity index (χ1n) is 6.89. The molecule has 0 saturated heterocycles. The average molecular weight is 262 g/mol. The zero-order valence-corrected chi connectivity index (χ0v) is 11.8. The van der Waals surface area contributed by atoms with Crippen molar-refractivity contribution in [2.24, 2.45) is 11.8 Å². The number of carbonyl (C=O) groups excluding carboxylic acids is 1. The fourth-order valence-corrected chi connectivity index (χ4v) is 3.31. The van der Waals surface area contributed by atoms with E-state index in [1.54, 1.807) is 0 Å². The third kappa shape index (κ3) is 2.39. The van der Waals surface area contributed by atoms with E-state index < -0.39 is 11.5 Å². The molecule has 0 spiro atoms. The Hall–Kier alpha value is -1.35. The molecule has 3 heteroatoms. The van der Waals surface area contributed by atoms with Crippen LogP contribution in [-0.2, 0) is 21.6 Å². The van der Waals surface area contributed by atoms with E-state index in [-0.39, 0.29) is 11.9 Å². The van der Waals surface area contributed by atoms with Gasteiger partial charge in [0.1, 0.15) is 5.60 Å². The number of aliphatic hydroxyl groups is 1. The summed E-state index contributed by atoms with van der Waals surface area (Å²) in [7, 11) is 1.38. The molecule has 19 heavy (non-hydrogen) atoms. The molecular formula is C16H22O3. The summed E-state index contributed by atoms with van der Waals surface area (Å²) in [6.45, 7) is 3.91. The molecule has 104 valence electrons. The Balaban J connectivity index is 2.50. The standard InChI is InChI=1S/C16H22O3/c1-11(2)14(15(17)19-3)16(18)10-6-8-12-7-4-5-9-13(12)16/h4-5,7,9,11,14,18H,6,8,10H2,1-3H3. The van der Waals surface area contributed by atoms with Gasteiger partial charge < -0.3 is 9.84 Å². The van der Waals surface area contributed by atoms with Gasteiger partial charge in [-0.2, -0.15) is 0 Å². The highest BCUT2D eigenvalue weighted by Crippen LogP contribution is 2.44. The molecule has 1 aliphatic carbocycles. The highest BCUT2D eigenvalue weighted by Gasteiger charge is 2.47. The minimum Gasteiger partial charge on any atom is -0.469 e. The van der Waals surface area contributed by atoms with Crippen LogP contribution in [0.4, 0.5) is 0 Å². The average Bonchev–Trinajstić information content (AvgIpc) is 2.38. The predicted octanol–water partition coefficient (Wildman–Crippen LogP) is 2.66. The van der Waals surface area contributed by atoms with Gasteiger partial charge in [-0.3, -0.25) is 4.79 Å². The molecule has 0 amide bonds. The smallest absolute Gasteiger partial charge is 0.312 e. The molecule has 1 N–H and O–H groups in total. The van der Waals surface area contributed by atoms with Crippen LogP contribution in [0.25, 0.3) is 0 Å². The lowest BCUT2D eigenvalue weighted by Crippen LogP contribution is -2.45. The quantitative estimate of drug-likeness (QED) is 0.852. The monoisotopic (exact) mass is 262 g/mol. The topological polar surface area (TPSA) is 46.5 Å². The molecule has 1 aliphatic rings. The van der Waals surface area contributed by atoms with E-state index in [9.17, 15) is 9.90 Å². The van der Waals surface area contributed by atoms with Gasteiger partial charge in [0.15, 0.2) is 0 Å². The second-order valence-corrected chi connectivity index (χ2v) is 5.68. The van der Waals surface area contributed by atoms with Crippen molar-refractivity contribution in [3.05, 3.63) is 35.4 Å². The van der Waals surface area contributed by atoms with Gasteiger partial charge in [0.2, 0.25) is 0 Å². The number of ether oxygens (including phenoxy) is 1. The number of aryl methyl sites for hydroxylation is 1. The highest BCUT2D eigenvalue weighted by atomic mass is 16.5. The fourth-order valence-electron chi connectivity index (χ4n) is 3.31. The molecule has 0 bridgehead atoms. The summed E-state index contributed by atoms with van der Waals surface area (Å²) >= 11 is 0. The largest absolute Gasteiger partial charge is 0.469 e. The van der Waals surface area contributed by atoms with Crippen LogP contribution in [0.3, 0.4) is 0 Å². The molecule has 1 aromatic carbocycles. The lowest BCUT2D eigenvalue weighted by atomic mass is 9.68. The third-order valence-electron chi connectivity index (χ3n) is 4.12. The van der Waals surface area contributed by atoms with Crippen LogP contribution >= 0.6 is 0 Å². The Labute approximate surface area is 114 Å². The van der Waals surface area contributed by atoms with Crippen molar-refractivity contribution >= 4 is 5.97 Å². The van der Waals surface area contributed by atoms with E-state index >= 15 is 0 Å². The van der Waals surface area contributed by atoms with Gasteiger partial charge in [0.25, 0.3) is 0 Å². The van der Waals surface area contributed by atoms with Gasteiger partial charge in [0, 0.05) is 0 Å². The number of rotatable bonds is 3. The molecular weight excluding hydrogens is 240 g/mol. The summed E-state index contributed by atoms with van der Waals surface area (Å²) in [5.41, 5.74) is 0.937. The molecule has 0 aliphatic heterocycles. The number of carbonyl (C=O) groups is 1. The van der Waals surface area contributed by atoms with Crippen molar-refractivity contribution in [3.63, 3.8) is 0 Å². The van der Waals surface area contributed by atoms with Gasteiger partial charge in [-0.15, -0.1) is 0 Å². The minimum atomic E-state index is -1.10. The molecule has 2 rings (SSSR count). The van der Waals surface area contributed by atoms with Crippen molar-refractivity contribution in [2.75, 3.05) is 7.11 Å². The Morgan fingerprint density at radius 3 is 2.68 bits per heavy atom. The molecule has 0 fully saturated rings. The van der Waals surface area contributed by atoms with Crippen molar-refractivity contribution in [1.29, 1.82) is 0 Å². The van der Waals surface area contributed by atoms with Gasteiger partial charge in [0.05, 0.1) is 13.0 Å². The number of fused-ring (bicyclic) bond motifs is 1. The van der Waals surface area contributed by atoms with Crippen LogP contribution in [0, 0.1) is 11.8 Å². The Bertz CT molecular complexity index is 467. The van der Waals surface area contributed by atoms with E-state index in [0.29, 0.717) is 6.42 Å². The Morgan fingerprint density at radius 2 is 2.05 bits per heavy atom. The summed E-state index contributed by atoms with van der Waals surface area (Å²) in [4.78, 5) is 12.1. The molecule has 1 aromatic rings. The number of methoxy groups -OCH3 is 1. The SMILES string of the molecule is COC(=O)C(C(C)C)C1(O)CCCc2ccccc21. The van der Waals surface area contributed by atoms with E-state index in [2.05, 4.69) is 0 Å². The number of esters is 1. The molecule has 0 radical (unpaired) electrons. The summed E-state index contributed by atoms with van der Waals surface area (Å²) in [5, 5.41) is 11.2.